The molecule has 2 aromatic rings. The molecule has 0 unspecified atom stereocenters. The molecule has 2 rings (SSSR count). The van der Waals surface area contributed by atoms with Crippen LogP contribution in [0, 0.1) is 10.1 Å². The van der Waals surface area contributed by atoms with Gasteiger partial charge in [0.05, 0.1) is 29.9 Å². The van der Waals surface area contributed by atoms with Gasteiger partial charge in [0.2, 0.25) is 0 Å². The van der Waals surface area contributed by atoms with Crippen LogP contribution < -0.4 is 20.1 Å². The average Bonchev–Trinajstić information content (AvgIpc) is 2.63. The number of rotatable bonds is 7. The Balaban J connectivity index is 1.91. The molecular formula is C17H18ClN3O4S. The largest absolute Gasteiger partial charge is 0.493 e. The zero-order valence-corrected chi connectivity index (χ0v) is 15.8. The number of nitrogens with zero attached hydrogens (tertiary/aromatic N) is 1. The van der Waals surface area contributed by atoms with Crippen LogP contribution in [0.4, 0.5) is 11.4 Å². The highest BCUT2D eigenvalue weighted by Crippen LogP contribution is 2.28. The average molecular weight is 396 g/mol. The summed E-state index contributed by atoms with van der Waals surface area (Å²) in [5.74, 6) is 1.33. The summed E-state index contributed by atoms with van der Waals surface area (Å²) in [7, 11) is 3.17. The van der Waals surface area contributed by atoms with Gasteiger partial charge in [-0.15, -0.1) is 0 Å². The van der Waals surface area contributed by atoms with E-state index in [2.05, 4.69) is 10.6 Å². The lowest BCUT2D eigenvalue weighted by molar-refractivity contribution is -0.384. The van der Waals surface area contributed by atoms with Gasteiger partial charge in [-0.2, -0.15) is 0 Å². The molecule has 0 amide bonds. The molecular weight excluding hydrogens is 378 g/mol. The molecule has 9 heteroatoms. The molecule has 0 bridgehead atoms. The smallest absolute Gasteiger partial charge is 0.271 e. The van der Waals surface area contributed by atoms with Gasteiger partial charge in [-0.3, -0.25) is 10.1 Å². The SMILES string of the molecule is COc1ccc(CCNC(=S)Nc2cc([N+](=O)[O-])ccc2Cl)cc1OC. The van der Waals surface area contributed by atoms with Gasteiger partial charge in [0.15, 0.2) is 16.6 Å². The Morgan fingerprint density at radius 3 is 2.58 bits per heavy atom. The van der Waals surface area contributed by atoms with Crippen molar-refractivity contribution in [1.29, 1.82) is 0 Å². The van der Waals surface area contributed by atoms with E-state index in [1.165, 1.54) is 18.2 Å². The minimum Gasteiger partial charge on any atom is -0.493 e. The van der Waals surface area contributed by atoms with Crippen molar-refractivity contribution < 1.29 is 14.4 Å². The van der Waals surface area contributed by atoms with Crippen molar-refractivity contribution >= 4 is 40.3 Å². The van der Waals surface area contributed by atoms with E-state index >= 15 is 0 Å². The highest BCUT2D eigenvalue weighted by molar-refractivity contribution is 7.80. The van der Waals surface area contributed by atoms with Gasteiger partial charge >= 0.3 is 0 Å². The summed E-state index contributed by atoms with van der Waals surface area (Å²) < 4.78 is 10.5. The number of hydrogen-bond donors (Lipinski definition) is 2. The molecule has 0 saturated heterocycles. The Hall–Kier alpha value is -2.58. The first-order valence-electron chi connectivity index (χ1n) is 7.64. The minimum absolute atomic E-state index is 0.0648. The van der Waals surface area contributed by atoms with E-state index in [9.17, 15) is 10.1 Å². The summed E-state index contributed by atoms with van der Waals surface area (Å²) in [6, 6.07) is 9.80. The first kappa shape index (κ1) is 19.7. The third-order valence-electron chi connectivity index (χ3n) is 3.56. The van der Waals surface area contributed by atoms with Gasteiger partial charge in [-0.05, 0) is 42.4 Å². The number of nitrogens with one attached hydrogen (secondary N) is 2. The molecule has 0 atom stereocenters. The number of anilines is 1. The van der Waals surface area contributed by atoms with Crippen LogP contribution in [0.3, 0.4) is 0 Å². The third-order valence-corrected chi connectivity index (χ3v) is 4.13. The molecule has 0 aliphatic carbocycles. The minimum atomic E-state index is -0.491. The highest BCUT2D eigenvalue weighted by Gasteiger charge is 2.11. The number of methoxy groups -OCH3 is 2. The Kier molecular flexibility index (Phi) is 6.99. The maximum atomic E-state index is 10.8. The predicted octanol–water partition coefficient (Wildman–Crippen LogP) is 3.79. The summed E-state index contributed by atoms with van der Waals surface area (Å²) >= 11 is 11.3. The van der Waals surface area contributed by atoms with E-state index in [1.54, 1.807) is 14.2 Å². The number of non-ortho nitro benzene ring substituents is 1. The van der Waals surface area contributed by atoms with E-state index in [4.69, 9.17) is 33.3 Å². The Morgan fingerprint density at radius 1 is 1.19 bits per heavy atom. The second-order valence-electron chi connectivity index (χ2n) is 5.24. The summed E-state index contributed by atoms with van der Waals surface area (Å²) in [4.78, 5) is 10.4. The summed E-state index contributed by atoms with van der Waals surface area (Å²) in [5.41, 5.74) is 1.36. The molecule has 2 aromatic carbocycles. The van der Waals surface area contributed by atoms with Crippen LogP contribution in [0.1, 0.15) is 5.56 Å². The number of hydrogen-bond acceptors (Lipinski definition) is 5. The number of ether oxygens (including phenoxy) is 2. The van der Waals surface area contributed by atoms with Crippen molar-refractivity contribution in [1.82, 2.24) is 5.32 Å². The number of halogens is 1. The number of nitro benzene ring substituents is 1. The van der Waals surface area contributed by atoms with Crippen molar-refractivity contribution in [2.75, 3.05) is 26.1 Å². The molecule has 0 fully saturated rings. The van der Waals surface area contributed by atoms with Gasteiger partial charge in [0.1, 0.15) is 0 Å². The van der Waals surface area contributed by atoms with Crippen molar-refractivity contribution in [2.45, 2.75) is 6.42 Å². The molecule has 0 aliphatic rings. The Labute approximate surface area is 161 Å². The van der Waals surface area contributed by atoms with Crippen molar-refractivity contribution in [2.24, 2.45) is 0 Å². The van der Waals surface area contributed by atoms with Crippen LogP contribution in [0.5, 0.6) is 11.5 Å². The second kappa shape index (κ2) is 9.21. The van der Waals surface area contributed by atoms with Crippen LogP contribution in [-0.4, -0.2) is 30.8 Å². The van der Waals surface area contributed by atoms with Crippen LogP contribution in [0.25, 0.3) is 0 Å². The van der Waals surface area contributed by atoms with E-state index in [0.29, 0.717) is 40.3 Å². The van der Waals surface area contributed by atoms with E-state index in [0.717, 1.165) is 5.56 Å². The van der Waals surface area contributed by atoms with Gasteiger partial charge in [0, 0.05) is 18.7 Å². The number of nitro groups is 1. The van der Waals surface area contributed by atoms with Crippen LogP contribution in [0.15, 0.2) is 36.4 Å². The van der Waals surface area contributed by atoms with Crippen LogP contribution >= 0.6 is 23.8 Å². The summed E-state index contributed by atoms with van der Waals surface area (Å²) in [6.45, 7) is 0.563. The van der Waals surface area contributed by atoms with Gasteiger partial charge < -0.3 is 20.1 Å². The van der Waals surface area contributed by atoms with Crippen LogP contribution in [0.2, 0.25) is 5.02 Å². The summed E-state index contributed by atoms with van der Waals surface area (Å²) in [5, 5.41) is 17.4. The molecule has 0 radical (unpaired) electrons. The Bertz CT molecular complexity index is 817. The normalized spacial score (nSPS) is 10.1. The van der Waals surface area contributed by atoms with E-state index in [-0.39, 0.29) is 5.69 Å². The monoisotopic (exact) mass is 395 g/mol. The predicted molar refractivity (Wildman–Crippen MR) is 106 cm³/mol. The van der Waals surface area contributed by atoms with Crippen molar-refractivity contribution in [3.05, 3.63) is 57.1 Å². The quantitative estimate of drug-likeness (QED) is 0.419. The van der Waals surface area contributed by atoms with Crippen molar-refractivity contribution in [3.8, 4) is 11.5 Å². The fourth-order valence-corrected chi connectivity index (χ4v) is 2.62. The molecule has 0 saturated carbocycles. The standard InChI is InChI=1S/C17H18ClN3O4S/c1-24-15-6-3-11(9-16(15)25-2)7-8-19-17(26)20-14-10-12(21(22)23)4-5-13(14)18/h3-6,9-10H,7-8H2,1-2H3,(H2,19,20,26). The van der Waals surface area contributed by atoms with Gasteiger partial charge in [-0.25, -0.2) is 0 Å². The number of thiocarbonyl (C=S) groups is 1. The summed E-state index contributed by atoms with van der Waals surface area (Å²) in [6.07, 6.45) is 0.699. The lowest BCUT2D eigenvalue weighted by Crippen LogP contribution is -2.30. The molecule has 2 N–H and O–H groups in total. The van der Waals surface area contributed by atoms with E-state index in [1.807, 2.05) is 18.2 Å². The second-order valence-corrected chi connectivity index (χ2v) is 6.06. The highest BCUT2D eigenvalue weighted by atomic mass is 35.5. The van der Waals surface area contributed by atoms with E-state index < -0.39 is 4.92 Å². The zero-order valence-electron chi connectivity index (χ0n) is 14.2. The lowest BCUT2D eigenvalue weighted by Gasteiger charge is -2.13. The fourth-order valence-electron chi connectivity index (χ4n) is 2.25. The van der Waals surface area contributed by atoms with Crippen molar-refractivity contribution in [3.63, 3.8) is 0 Å². The molecule has 0 heterocycles. The topological polar surface area (TPSA) is 85.7 Å². The molecule has 138 valence electrons. The van der Waals surface area contributed by atoms with Gasteiger partial charge in [-0.1, -0.05) is 17.7 Å². The zero-order chi connectivity index (χ0) is 19.1. The Morgan fingerprint density at radius 2 is 1.92 bits per heavy atom. The molecule has 0 aliphatic heterocycles. The fraction of sp³-hybridized carbons (Fsp3) is 0.235. The molecule has 0 aromatic heterocycles. The van der Waals surface area contributed by atoms with Gasteiger partial charge in [0.25, 0.3) is 5.69 Å². The maximum Gasteiger partial charge on any atom is 0.271 e. The van der Waals surface area contributed by atoms with Crippen LogP contribution in [-0.2, 0) is 6.42 Å². The molecule has 7 nitrogen and oxygen atoms in total. The maximum absolute atomic E-state index is 10.8. The number of benzene rings is 2. The third kappa shape index (κ3) is 5.21. The molecule has 26 heavy (non-hydrogen) atoms. The lowest BCUT2D eigenvalue weighted by atomic mass is 10.1. The first-order chi connectivity index (χ1) is 12.4. The first-order valence-corrected chi connectivity index (χ1v) is 8.43. The molecule has 0 spiro atoms.